The number of aliphatic hydroxyl groups is 2. The molecule has 12 nitrogen and oxygen atoms in total. The molecule has 3 rings (SSSR count). The van der Waals surface area contributed by atoms with Crippen molar-refractivity contribution in [2.24, 2.45) is 0 Å². The fourth-order valence-corrected chi connectivity index (χ4v) is 3.21. The molecule has 4 atom stereocenters. The van der Waals surface area contributed by atoms with Crippen LogP contribution in [0.15, 0.2) is 30.6 Å². The number of fused-ring (bicyclic) bond motifs is 1. The molecule has 1 aliphatic rings. The van der Waals surface area contributed by atoms with E-state index in [1.54, 1.807) is 6.07 Å². The highest BCUT2D eigenvalue weighted by atomic mass is 16.7. The van der Waals surface area contributed by atoms with E-state index >= 15 is 0 Å². The van der Waals surface area contributed by atoms with Crippen molar-refractivity contribution < 1.29 is 29.2 Å². The van der Waals surface area contributed by atoms with Crippen molar-refractivity contribution in [1.29, 1.82) is 10.5 Å². The molecule has 0 bridgehead atoms. The smallest absolute Gasteiger partial charge is 0.431 e. The Kier molecular flexibility index (Phi) is 6.36. The van der Waals surface area contributed by atoms with E-state index in [1.807, 2.05) is 12.1 Å². The van der Waals surface area contributed by atoms with Crippen molar-refractivity contribution in [3.63, 3.8) is 0 Å². The van der Waals surface area contributed by atoms with E-state index in [0.29, 0.717) is 17.5 Å². The molecule has 0 amide bonds. The van der Waals surface area contributed by atoms with E-state index in [0.717, 1.165) is 0 Å². The summed E-state index contributed by atoms with van der Waals surface area (Å²) in [6, 6.07) is 6.86. The van der Waals surface area contributed by atoms with Crippen LogP contribution in [0.5, 0.6) is 0 Å². The van der Waals surface area contributed by atoms with Gasteiger partial charge in [0.1, 0.15) is 49.4 Å². The first kappa shape index (κ1) is 22.0. The van der Waals surface area contributed by atoms with Gasteiger partial charge in [-0.25, -0.2) is 14.3 Å². The van der Waals surface area contributed by atoms with Gasteiger partial charge in [0.2, 0.25) is 5.60 Å². The molecule has 0 aliphatic carbocycles. The summed E-state index contributed by atoms with van der Waals surface area (Å²) in [5, 5.41) is 43.4. The summed E-state index contributed by atoms with van der Waals surface area (Å²) in [6.07, 6.45) is -3.66. The number of nitrogens with zero attached hydrogens (tertiary/aromatic N) is 5. The zero-order valence-corrected chi connectivity index (χ0v) is 16.3. The third-order valence-electron chi connectivity index (χ3n) is 4.84. The number of ether oxygens (including phenoxy) is 3. The van der Waals surface area contributed by atoms with Gasteiger partial charge in [-0.3, -0.25) is 0 Å². The van der Waals surface area contributed by atoms with Gasteiger partial charge in [-0.15, -0.1) is 0 Å². The second-order valence-electron chi connectivity index (χ2n) is 6.86. The van der Waals surface area contributed by atoms with Crippen molar-refractivity contribution in [2.45, 2.75) is 36.8 Å². The minimum absolute atomic E-state index is 0.128. The van der Waals surface area contributed by atoms with Gasteiger partial charge in [-0.2, -0.15) is 15.6 Å². The van der Waals surface area contributed by atoms with E-state index < -0.39 is 36.7 Å². The maximum Gasteiger partial charge on any atom is 0.508 e. The molecule has 4 N–H and O–H groups in total. The highest BCUT2D eigenvalue weighted by Gasteiger charge is 2.57. The first-order valence-electron chi connectivity index (χ1n) is 9.21. The molecule has 0 radical (unpaired) electrons. The standard InChI is InChI=1S/C19H20N6O6/c1-11(3-2-6-20)7-29-18(28)30-8-13-15(26)16(27)19(9-21,31-13)14-5-4-12-17(22)23-10-24-25(12)14/h4-5,10,13,15-16,26-27H,1-3,7-8H2,(H2,22,23,24)/t13-,15-,16-,19+/m1/s1. The van der Waals surface area contributed by atoms with Gasteiger partial charge in [0.15, 0.2) is 5.82 Å². The number of nitrogens with two attached hydrogens (primary N) is 1. The van der Waals surface area contributed by atoms with E-state index in [1.165, 1.54) is 16.9 Å². The summed E-state index contributed by atoms with van der Waals surface area (Å²) in [5.74, 6) is 0.154. The Labute approximate surface area is 176 Å². The van der Waals surface area contributed by atoms with Crippen molar-refractivity contribution in [3.8, 4) is 12.1 Å². The molecule has 0 unspecified atom stereocenters. The van der Waals surface area contributed by atoms with Crippen molar-refractivity contribution in [1.82, 2.24) is 14.6 Å². The maximum atomic E-state index is 11.8. The second kappa shape index (κ2) is 8.97. The van der Waals surface area contributed by atoms with E-state index in [4.69, 9.17) is 25.2 Å². The molecule has 2 aromatic heterocycles. The molecule has 1 aliphatic heterocycles. The number of nitriles is 2. The summed E-state index contributed by atoms with van der Waals surface area (Å²) >= 11 is 0. The molecular formula is C19H20N6O6. The number of aromatic nitrogens is 3. The summed E-state index contributed by atoms with van der Waals surface area (Å²) < 4.78 is 16.8. The summed E-state index contributed by atoms with van der Waals surface area (Å²) in [6.45, 7) is 3.07. The van der Waals surface area contributed by atoms with Gasteiger partial charge in [-0.1, -0.05) is 6.58 Å². The van der Waals surface area contributed by atoms with Crippen LogP contribution in [0.25, 0.3) is 5.52 Å². The number of carbonyl (C=O) groups is 1. The number of nitrogen functional groups attached to an aromatic ring is 1. The van der Waals surface area contributed by atoms with Crippen molar-refractivity contribution in [3.05, 3.63) is 36.3 Å². The van der Waals surface area contributed by atoms with Crippen LogP contribution in [0.2, 0.25) is 0 Å². The average Bonchev–Trinajstić information content (AvgIpc) is 3.31. The van der Waals surface area contributed by atoms with E-state index in [2.05, 4.69) is 16.7 Å². The lowest BCUT2D eigenvalue weighted by Crippen LogP contribution is -2.41. The van der Waals surface area contributed by atoms with Crippen LogP contribution in [-0.2, 0) is 19.8 Å². The topological polar surface area (TPSA) is 189 Å². The molecule has 0 spiro atoms. The minimum atomic E-state index is -1.99. The Bertz CT molecular complexity index is 1070. The first-order chi connectivity index (χ1) is 14.8. The van der Waals surface area contributed by atoms with Crippen LogP contribution in [0.4, 0.5) is 10.6 Å². The highest BCUT2D eigenvalue weighted by molar-refractivity contribution is 5.66. The molecule has 0 aromatic carbocycles. The van der Waals surface area contributed by atoms with Gasteiger partial charge in [0.05, 0.1) is 11.8 Å². The Morgan fingerprint density at radius 3 is 2.87 bits per heavy atom. The number of carbonyl (C=O) groups excluding carboxylic acids is 1. The molecule has 1 saturated heterocycles. The molecule has 3 heterocycles. The third-order valence-corrected chi connectivity index (χ3v) is 4.84. The van der Waals surface area contributed by atoms with Gasteiger partial charge in [0, 0.05) is 6.42 Å². The van der Waals surface area contributed by atoms with Crippen LogP contribution in [0.1, 0.15) is 18.5 Å². The Hall–Kier alpha value is -3.71. The predicted octanol–water partition coefficient (Wildman–Crippen LogP) is 0.164. The maximum absolute atomic E-state index is 11.8. The lowest BCUT2D eigenvalue weighted by Gasteiger charge is -2.24. The second-order valence-corrected chi connectivity index (χ2v) is 6.86. The van der Waals surface area contributed by atoms with E-state index in [-0.39, 0.29) is 24.5 Å². The van der Waals surface area contributed by atoms with Crippen molar-refractivity contribution >= 4 is 17.5 Å². The van der Waals surface area contributed by atoms with Crippen LogP contribution in [0, 0.1) is 22.7 Å². The SMILES string of the molecule is C=C(CCC#N)COC(=O)OC[C@H]1O[C@@](C#N)(c2ccc3c(N)ncnn23)[C@H](O)[C@@H]1O. The molecule has 0 saturated carbocycles. The number of hydrogen-bond donors (Lipinski definition) is 3. The van der Waals surface area contributed by atoms with Crippen LogP contribution >= 0.6 is 0 Å². The molecule has 12 heteroatoms. The van der Waals surface area contributed by atoms with Crippen LogP contribution < -0.4 is 5.73 Å². The number of rotatable bonds is 7. The quantitative estimate of drug-likeness (QED) is 0.402. The Morgan fingerprint density at radius 2 is 2.16 bits per heavy atom. The Balaban J connectivity index is 1.69. The number of aliphatic hydroxyl groups excluding tert-OH is 2. The molecular weight excluding hydrogens is 408 g/mol. The summed E-state index contributed by atoms with van der Waals surface area (Å²) in [5.41, 5.74) is 4.86. The Morgan fingerprint density at radius 1 is 1.39 bits per heavy atom. The molecule has 1 fully saturated rings. The molecule has 162 valence electrons. The first-order valence-corrected chi connectivity index (χ1v) is 9.21. The monoisotopic (exact) mass is 428 g/mol. The largest absolute Gasteiger partial charge is 0.508 e. The summed E-state index contributed by atoms with van der Waals surface area (Å²) in [4.78, 5) is 15.6. The van der Waals surface area contributed by atoms with Gasteiger partial charge >= 0.3 is 6.16 Å². The van der Waals surface area contributed by atoms with Gasteiger partial charge in [-0.05, 0) is 24.1 Å². The fraction of sp³-hybridized carbons (Fsp3) is 0.421. The minimum Gasteiger partial charge on any atom is -0.431 e. The van der Waals surface area contributed by atoms with E-state index in [9.17, 15) is 20.3 Å². The molecule has 31 heavy (non-hydrogen) atoms. The van der Waals surface area contributed by atoms with Crippen molar-refractivity contribution in [2.75, 3.05) is 18.9 Å². The normalized spacial score (nSPS) is 25.0. The fourth-order valence-electron chi connectivity index (χ4n) is 3.21. The predicted molar refractivity (Wildman–Crippen MR) is 103 cm³/mol. The lowest BCUT2D eigenvalue weighted by molar-refractivity contribution is -0.0715. The average molecular weight is 428 g/mol. The summed E-state index contributed by atoms with van der Waals surface area (Å²) in [7, 11) is 0. The van der Waals surface area contributed by atoms with Crippen LogP contribution in [-0.4, -0.2) is 62.5 Å². The number of anilines is 1. The third kappa shape index (κ3) is 4.13. The van der Waals surface area contributed by atoms with Crippen LogP contribution in [0.3, 0.4) is 0 Å². The molecule has 2 aromatic rings. The lowest BCUT2D eigenvalue weighted by atomic mass is 9.92. The van der Waals surface area contributed by atoms with Gasteiger partial charge < -0.3 is 30.2 Å². The zero-order chi connectivity index (χ0) is 22.6. The highest BCUT2D eigenvalue weighted by Crippen LogP contribution is 2.40. The van der Waals surface area contributed by atoms with Gasteiger partial charge in [0.25, 0.3) is 0 Å². The zero-order valence-electron chi connectivity index (χ0n) is 16.3. The number of hydrogen-bond acceptors (Lipinski definition) is 11.